The Balaban J connectivity index is 1.61. The lowest BCUT2D eigenvalue weighted by molar-refractivity contribution is 0.0895. The Morgan fingerprint density at radius 2 is 1.86 bits per heavy atom. The van der Waals surface area contributed by atoms with Crippen molar-refractivity contribution in [3.05, 3.63) is 42.2 Å². The minimum atomic E-state index is -0.712. The molecular formula is C18H19NO2S. The van der Waals surface area contributed by atoms with Gasteiger partial charge in [-0.3, -0.25) is 14.0 Å². The van der Waals surface area contributed by atoms with Crippen LogP contribution in [0.25, 0.3) is 10.8 Å². The second-order valence-corrected chi connectivity index (χ2v) is 8.46. The van der Waals surface area contributed by atoms with Crippen molar-refractivity contribution in [3.63, 3.8) is 0 Å². The molecule has 114 valence electrons. The number of carbonyl (C=O) groups excluding carboxylic acids is 1. The van der Waals surface area contributed by atoms with E-state index in [0.717, 1.165) is 42.0 Å². The molecular weight excluding hydrogens is 294 g/mol. The van der Waals surface area contributed by atoms with E-state index in [0.29, 0.717) is 0 Å². The molecule has 2 aliphatic heterocycles. The van der Waals surface area contributed by atoms with Gasteiger partial charge in [0, 0.05) is 50.6 Å². The van der Waals surface area contributed by atoms with Gasteiger partial charge < -0.3 is 0 Å². The number of benzene rings is 1. The Morgan fingerprint density at radius 3 is 2.64 bits per heavy atom. The van der Waals surface area contributed by atoms with Crippen molar-refractivity contribution in [3.8, 4) is 0 Å². The van der Waals surface area contributed by atoms with Crippen molar-refractivity contribution >= 4 is 27.4 Å². The van der Waals surface area contributed by atoms with E-state index >= 15 is 0 Å². The third kappa shape index (κ3) is 2.39. The Labute approximate surface area is 132 Å². The molecule has 2 bridgehead atoms. The number of nitrogens with zero attached hydrogens (tertiary/aromatic N) is 1. The standard InChI is InChI=1S/C18H19NO2S/c20-18(13-4-5-14-11-19-7-6-12(14)8-13)15-9-16-2-1-3-17(10-15)22(16)21/h4-8,11,15-17H,1-3,9-10H2. The van der Waals surface area contributed by atoms with Gasteiger partial charge in [0.05, 0.1) is 0 Å². The van der Waals surface area contributed by atoms with E-state index in [1.54, 1.807) is 6.20 Å². The minimum Gasteiger partial charge on any atom is -0.294 e. The van der Waals surface area contributed by atoms with Crippen molar-refractivity contribution < 1.29 is 9.00 Å². The molecule has 2 aromatic rings. The highest BCUT2D eigenvalue weighted by Gasteiger charge is 2.40. The molecule has 0 radical (unpaired) electrons. The average molecular weight is 313 g/mol. The van der Waals surface area contributed by atoms with Crippen molar-refractivity contribution in [2.24, 2.45) is 5.92 Å². The summed E-state index contributed by atoms with van der Waals surface area (Å²) < 4.78 is 12.3. The Kier molecular flexibility index (Phi) is 3.57. The third-order valence-corrected chi connectivity index (χ3v) is 7.27. The van der Waals surface area contributed by atoms with Gasteiger partial charge in [-0.05, 0) is 43.2 Å². The highest BCUT2D eigenvalue weighted by molar-refractivity contribution is 7.86. The van der Waals surface area contributed by atoms with Crippen LogP contribution in [0.2, 0.25) is 0 Å². The zero-order valence-corrected chi connectivity index (χ0v) is 13.2. The number of rotatable bonds is 2. The number of carbonyl (C=O) groups is 1. The maximum absolute atomic E-state index is 12.9. The third-order valence-electron chi connectivity index (χ3n) is 5.10. The van der Waals surface area contributed by atoms with Crippen molar-refractivity contribution in [1.82, 2.24) is 4.98 Å². The first-order chi connectivity index (χ1) is 10.7. The van der Waals surface area contributed by atoms with Gasteiger partial charge in [-0.2, -0.15) is 0 Å². The number of hydrogen-bond donors (Lipinski definition) is 0. The van der Waals surface area contributed by atoms with Crippen LogP contribution < -0.4 is 0 Å². The van der Waals surface area contributed by atoms with Crippen molar-refractivity contribution in [2.45, 2.75) is 42.6 Å². The number of Topliss-reactive ketones (excluding diaryl/α,β-unsaturated/α-hetero) is 1. The lowest BCUT2D eigenvalue weighted by Crippen LogP contribution is -2.41. The summed E-state index contributed by atoms with van der Waals surface area (Å²) in [4.78, 5) is 17.0. The molecule has 22 heavy (non-hydrogen) atoms. The van der Waals surface area contributed by atoms with Crippen LogP contribution >= 0.6 is 0 Å². The predicted octanol–water partition coefficient (Wildman–Crippen LogP) is 3.50. The van der Waals surface area contributed by atoms with Crippen molar-refractivity contribution in [2.75, 3.05) is 0 Å². The SMILES string of the molecule is O=C(c1ccc2cnccc2c1)C1CC2CCCC(C1)S2=O. The normalized spacial score (nSPS) is 31.1. The van der Waals surface area contributed by atoms with Gasteiger partial charge in [0.25, 0.3) is 0 Å². The van der Waals surface area contributed by atoms with Crippen LogP contribution in [0.15, 0.2) is 36.7 Å². The fourth-order valence-electron chi connectivity index (χ4n) is 3.92. The summed E-state index contributed by atoms with van der Waals surface area (Å²) in [6.45, 7) is 0. The van der Waals surface area contributed by atoms with Crippen LogP contribution in [0.3, 0.4) is 0 Å². The van der Waals surface area contributed by atoms with Gasteiger partial charge in [0.1, 0.15) is 0 Å². The maximum atomic E-state index is 12.9. The van der Waals surface area contributed by atoms with Gasteiger partial charge in [-0.15, -0.1) is 0 Å². The van der Waals surface area contributed by atoms with E-state index in [4.69, 9.17) is 0 Å². The van der Waals surface area contributed by atoms with Gasteiger partial charge in [0.15, 0.2) is 5.78 Å². The first-order valence-electron chi connectivity index (χ1n) is 8.00. The lowest BCUT2D eigenvalue weighted by atomic mass is 9.84. The van der Waals surface area contributed by atoms with Crippen LogP contribution in [0.4, 0.5) is 0 Å². The Hall–Kier alpha value is -1.55. The number of hydrogen-bond acceptors (Lipinski definition) is 3. The summed E-state index contributed by atoms with van der Waals surface area (Å²) in [5, 5.41) is 2.60. The molecule has 2 saturated heterocycles. The quantitative estimate of drug-likeness (QED) is 0.797. The molecule has 2 fully saturated rings. The molecule has 2 aliphatic rings. The fourth-order valence-corrected chi connectivity index (χ4v) is 6.11. The number of aromatic nitrogens is 1. The topological polar surface area (TPSA) is 47.0 Å². The molecule has 1 aromatic heterocycles. The van der Waals surface area contributed by atoms with E-state index in [1.165, 1.54) is 6.42 Å². The molecule has 0 aliphatic carbocycles. The molecule has 3 nitrogen and oxygen atoms in total. The molecule has 1 aromatic carbocycles. The number of pyridine rings is 1. The van der Waals surface area contributed by atoms with Gasteiger partial charge >= 0.3 is 0 Å². The molecule has 0 N–H and O–H groups in total. The first kappa shape index (κ1) is 14.1. The van der Waals surface area contributed by atoms with Crippen molar-refractivity contribution in [1.29, 1.82) is 0 Å². The highest BCUT2D eigenvalue weighted by Crippen LogP contribution is 2.38. The monoisotopic (exact) mass is 313 g/mol. The fraction of sp³-hybridized carbons (Fsp3) is 0.444. The molecule has 4 rings (SSSR count). The van der Waals surface area contributed by atoms with Crippen LogP contribution in [-0.4, -0.2) is 25.5 Å². The second kappa shape index (κ2) is 5.58. The molecule has 4 heteroatoms. The van der Waals surface area contributed by atoms with Gasteiger partial charge in [-0.1, -0.05) is 18.6 Å². The summed E-state index contributed by atoms with van der Waals surface area (Å²) in [7, 11) is -0.712. The zero-order valence-electron chi connectivity index (χ0n) is 12.4. The molecule has 2 unspecified atom stereocenters. The van der Waals surface area contributed by atoms with Crippen LogP contribution in [0.1, 0.15) is 42.5 Å². The predicted molar refractivity (Wildman–Crippen MR) is 88.4 cm³/mol. The van der Waals surface area contributed by atoms with Gasteiger partial charge in [0.2, 0.25) is 0 Å². The van der Waals surface area contributed by atoms with E-state index in [1.807, 2.05) is 30.5 Å². The van der Waals surface area contributed by atoms with E-state index < -0.39 is 10.8 Å². The largest absolute Gasteiger partial charge is 0.294 e. The highest BCUT2D eigenvalue weighted by atomic mass is 32.2. The van der Waals surface area contributed by atoms with Crippen LogP contribution in [0.5, 0.6) is 0 Å². The van der Waals surface area contributed by atoms with E-state index in [2.05, 4.69) is 4.98 Å². The van der Waals surface area contributed by atoms with E-state index in [9.17, 15) is 9.00 Å². The summed E-state index contributed by atoms with van der Waals surface area (Å²) in [6, 6.07) is 7.79. The summed E-state index contributed by atoms with van der Waals surface area (Å²) in [6.07, 6.45) is 8.40. The Morgan fingerprint density at radius 1 is 1.09 bits per heavy atom. The molecule has 0 saturated carbocycles. The van der Waals surface area contributed by atoms with E-state index in [-0.39, 0.29) is 22.2 Å². The molecule has 3 heterocycles. The molecule has 0 spiro atoms. The number of fused-ring (bicyclic) bond motifs is 3. The summed E-state index contributed by atoms with van der Waals surface area (Å²) >= 11 is 0. The summed E-state index contributed by atoms with van der Waals surface area (Å²) in [5.41, 5.74) is 0.787. The molecule has 0 amide bonds. The average Bonchev–Trinajstić information content (AvgIpc) is 2.53. The Bertz CT molecular complexity index is 742. The first-order valence-corrected chi connectivity index (χ1v) is 9.27. The number of ketones is 1. The minimum absolute atomic E-state index is 0.0484. The lowest BCUT2D eigenvalue weighted by Gasteiger charge is -2.37. The smallest absolute Gasteiger partial charge is 0.166 e. The summed E-state index contributed by atoms with van der Waals surface area (Å²) in [5.74, 6) is 0.277. The van der Waals surface area contributed by atoms with Crippen LogP contribution in [0, 0.1) is 5.92 Å². The maximum Gasteiger partial charge on any atom is 0.166 e. The zero-order chi connectivity index (χ0) is 15.1. The second-order valence-electron chi connectivity index (χ2n) is 6.47. The van der Waals surface area contributed by atoms with Crippen LogP contribution in [-0.2, 0) is 10.8 Å². The van der Waals surface area contributed by atoms with Gasteiger partial charge in [-0.25, -0.2) is 0 Å². The molecule has 2 atom stereocenters.